The van der Waals surface area contributed by atoms with E-state index >= 15 is 0 Å². The van der Waals surface area contributed by atoms with Gasteiger partial charge in [-0.25, -0.2) is 4.79 Å². The Morgan fingerprint density at radius 3 is 2.88 bits per heavy atom. The number of ether oxygens (including phenoxy) is 1. The summed E-state index contributed by atoms with van der Waals surface area (Å²) in [5, 5.41) is 12.7. The maximum atomic E-state index is 11.7. The van der Waals surface area contributed by atoms with Crippen LogP contribution in [0.25, 0.3) is 0 Å². The third-order valence-electron chi connectivity index (χ3n) is 2.46. The minimum Gasteiger partial charge on any atom is -0.456 e. The van der Waals surface area contributed by atoms with Gasteiger partial charge in [-0.2, -0.15) is 0 Å². The molecule has 0 amide bonds. The molecule has 1 unspecified atom stereocenters. The van der Waals surface area contributed by atoms with Gasteiger partial charge in [-0.15, -0.1) is 0 Å². The summed E-state index contributed by atoms with van der Waals surface area (Å²) < 4.78 is 5.14. The Morgan fingerprint density at radius 1 is 1.47 bits per heavy atom. The molecule has 5 heteroatoms. The molecular weight excluding hydrogens is 220 g/mol. The molecule has 0 saturated carbocycles. The fourth-order valence-electron chi connectivity index (χ4n) is 1.56. The SMILES string of the molecule is O=C(OC1CN=CNC1)[C@H](O)c1ccccc1. The third kappa shape index (κ3) is 3.04. The molecule has 0 bridgehead atoms. The number of nitrogens with one attached hydrogen (secondary N) is 1. The summed E-state index contributed by atoms with van der Waals surface area (Å²) in [7, 11) is 0. The van der Waals surface area contributed by atoms with Crippen molar-refractivity contribution in [2.75, 3.05) is 13.1 Å². The zero-order valence-corrected chi connectivity index (χ0v) is 9.24. The van der Waals surface area contributed by atoms with Crippen LogP contribution in [0.2, 0.25) is 0 Å². The van der Waals surface area contributed by atoms with Gasteiger partial charge in [0.25, 0.3) is 0 Å². The van der Waals surface area contributed by atoms with Gasteiger partial charge < -0.3 is 15.2 Å². The molecule has 0 aromatic heterocycles. The summed E-state index contributed by atoms with van der Waals surface area (Å²) in [4.78, 5) is 15.6. The van der Waals surface area contributed by atoms with Gasteiger partial charge in [-0.05, 0) is 5.56 Å². The van der Waals surface area contributed by atoms with Gasteiger partial charge in [0, 0.05) is 0 Å². The van der Waals surface area contributed by atoms with Crippen molar-refractivity contribution in [3.8, 4) is 0 Å². The van der Waals surface area contributed by atoms with Crippen molar-refractivity contribution >= 4 is 12.3 Å². The third-order valence-corrected chi connectivity index (χ3v) is 2.46. The second-order valence-electron chi connectivity index (χ2n) is 3.77. The minimum atomic E-state index is -1.23. The van der Waals surface area contributed by atoms with Crippen LogP contribution in [-0.4, -0.2) is 36.6 Å². The molecule has 1 heterocycles. The highest BCUT2D eigenvalue weighted by molar-refractivity contribution is 5.76. The van der Waals surface area contributed by atoms with Crippen LogP contribution >= 0.6 is 0 Å². The summed E-state index contributed by atoms with van der Waals surface area (Å²) in [5.41, 5.74) is 0.532. The topological polar surface area (TPSA) is 70.9 Å². The number of carbonyl (C=O) groups excluding carboxylic acids is 1. The maximum absolute atomic E-state index is 11.7. The summed E-state index contributed by atoms with van der Waals surface area (Å²) in [6.45, 7) is 0.955. The lowest BCUT2D eigenvalue weighted by molar-refractivity contribution is -0.158. The molecule has 5 nitrogen and oxygen atoms in total. The van der Waals surface area contributed by atoms with Gasteiger partial charge in [-0.3, -0.25) is 4.99 Å². The highest BCUT2D eigenvalue weighted by atomic mass is 16.6. The fourth-order valence-corrected chi connectivity index (χ4v) is 1.56. The number of aliphatic hydroxyl groups excluding tert-OH is 1. The number of rotatable bonds is 3. The molecular formula is C12H14N2O3. The second kappa shape index (κ2) is 5.45. The largest absolute Gasteiger partial charge is 0.456 e. The zero-order valence-electron chi connectivity index (χ0n) is 9.24. The smallest absolute Gasteiger partial charge is 0.340 e. The molecule has 1 aromatic carbocycles. The highest BCUT2D eigenvalue weighted by Gasteiger charge is 2.23. The Bertz CT molecular complexity index is 405. The van der Waals surface area contributed by atoms with Crippen molar-refractivity contribution in [2.24, 2.45) is 4.99 Å². The van der Waals surface area contributed by atoms with Gasteiger partial charge in [-0.1, -0.05) is 30.3 Å². The molecule has 1 aromatic rings. The monoisotopic (exact) mass is 234 g/mol. The Balaban J connectivity index is 1.93. The first-order valence-electron chi connectivity index (χ1n) is 5.42. The predicted octanol–water partition coefficient (Wildman–Crippen LogP) is 0.263. The summed E-state index contributed by atoms with van der Waals surface area (Å²) in [5.74, 6) is -0.639. The number of hydrogen-bond acceptors (Lipinski definition) is 5. The Labute approximate surface area is 99.1 Å². The van der Waals surface area contributed by atoms with E-state index < -0.39 is 12.1 Å². The predicted molar refractivity (Wildman–Crippen MR) is 62.6 cm³/mol. The van der Waals surface area contributed by atoms with Crippen LogP contribution in [0.4, 0.5) is 0 Å². The van der Waals surface area contributed by atoms with Crippen LogP contribution in [0.15, 0.2) is 35.3 Å². The fraction of sp³-hybridized carbons (Fsp3) is 0.333. The van der Waals surface area contributed by atoms with E-state index in [9.17, 15) is 9.90 Å². The Hall–Kier alpha value is -1.88. The molecule has 0 saturated heterocycles. The van der Waals surface area contributed by atoms with Crippen LogP contribution < -0.4 is 5.32 Å². The minimum absolute atomic E-state index is 0.314. The first kappa shape index (κ1) is 11.6. The highest BCUT2D eigenvalue weighted by Crippen LogP contribution is 2.14. The standard InChI is InChI=1S/C12H14N2O3/c15-11(9-4-2-1-3-5-9)12(16)17-10-6-13-8-14-7-10/h1-5,8,10-11,15H,6-7H2,(H,13,14)/t11-/m1/s1. The molecule has 2 atom stereocenters. The van der Waals surface area contributed by atoms with Crippen LogP contribution in [-0.2, 0) is 9.53 Å². The molecule has 90 valence electrons. The Morgan fingerprint density at radius 2 is 2.24 bits per heavy atom. The van der Waals surface area contributed by atoms with E-state index in [-0.39, 0.29) is 6.10 Å². The van der Waals surface area contributed by atoms with E-state index in [4.69, 9.17) is 4.74 Å². The quantitative estimate of drug-likeness (QED) is 0.736. The van der Waals surface area contributed by atoms with Gasteiger partial charge in [0.15, 0.2) is 6.10 Å². The normalized spacial score (nSPS) is 20.4. The lowest BCUT2D eigenvalue weighted by atomic mass is 10.1. The van der Waals surface area contributed by atoms with Crippen molar-refractivity contribution in [2.45, 2.75) is 12.2 Å². The molecule has 17 heavy (non-hydrogen) atoms. The number of aliphatic hydroxyl groups is 1. The van der Waals surface area contributed by atoms with Crippen LogP contribution in [0, 0.1) is 0 Å². The van der Waals surface area contributed by atoms with E-state index in [1.165, 1.54) is 0 Å². The number of benzene rings is 1. The molecule has 2 rings (SSSR count). The van der Waals surface area contributed by atoms with Crippen molar-refractivity contribution in [1.82, 2.24) is 5.32 Å². The molecule has 0 spiro atoms. The van der Waals surface area contributed by atoms with E-state index in [2.05, 4.69) is 10.3 Å². The van der Waals surface area contributed by atoms with Crippen LogP contribution in [0.1, 0.15) is 11.7 Å². The van der Waals surface area contributed by atoms with E-state index in [1.807, 2.05) is 6.07 Å². The number of hydrogen-bond donors (Lipinski definition) is 2. The Kier molecular flexibility index (Phi) is 3.72. The summed E-state index contributed by atoms with van der Waals surface area (Å²) in [6.07, 6.45) is 0.0331. The van der Waals surface area contributed by atoms with Crippen molar-refractivity contribution in [1.29, 1.82) is 0 Å². The summed E-state index contributed by atoms with van der Waals surface area (Å²) >= 11 is 0. The van der Waals surface area contributed by atoms with Crippen molar-refractivity contribution < 1.29 is 14.6 Å². The van der Waals surface area contributed by atoms with Crippen LogP contribution in [0.3, 0.4) is 0 Å². The average Bonchev–Trinajstić information content (AvgIpc) is 2.40. The molecule has 2 N–H and O–H groups in total. The van der Waals surface area contributed by atoms with E-state index in [1.54, 1.807) is 30.6 Å². The van der Waals surface area contributed by atoms with Gasteiger partial charge in [0.05, 0.1) is 19.4 Å². The van der Waals surface area contributed by atoms with Gasteiger partial charge >= 0.3 is 5.97 Å². The second-order valence-corrected chi connectivity index (χ2v) is 3.77. The number of esters is 1. The first-order valence-corrected chi connectivity index (χ1v) is 5.42. The molecule has 0 aliphatic carbocycles. The average molecular weight is 234 g/mol. The molecule has 1 aliphatic heterocycles. The maximum Gasteiger partial charge on any atom is 0.340 e. The molecule has 1 aliphatic rings. The number of aliphatic imine (C=N–C) groups is 1. The molecule has 0 radical (unpaired) electrons. The van der Waals surface area contributed by atoms with E-state index in [0.717, 1.165) is 0 Å². The van der Waals surface area contributed by atoms with Crippen LogP contribution in [0.5, 0.6) is 0 Å². The first-order chi connectivity index (χ1) is 8.27. The van der Waals surface area contributed by atoms with E-state index in [0.29, 0.717) is 18.7 Å². The lowest BCUT2D eigenvalue weighted by Gasteiger charge is -2.20. The number of carbonyl (C=O) groups is 1. The van der Waals surface area contributed by atoms with Crippen molar-refractivity contribution in [3.63, 3.8) is 0 Å². The molecule has 0 fully saturated rings. The zero-order chi connectivity index (χ0) is 12.1. The lowest BCUT2D eigenvalue weighted by Crippen LogP contribution is -2.37. The van der Waals surface area contributed by atoms with Crippen molar-refractivity contribution in [3.05, 3.63) is 35.9 Å². The van der Waals surface area contributed by atoms with Gasteiger partial charge in [0.2, 0.25) is 0 Å². The summed E-state index contributed by atoms with van der Waals surface area (Å²) in [6, 6.07) is 8.71. The number of nitrogens with zero attached hydrogens (tertiary/aromatic N) is 1. The van der Waals surface area contributed by atoms with Gasteiger partial charge in [0.1, 0.15) is 6.10 Å².